The first-order valence-electron chi connectivity index (χ1n) is 20.9. The lowest BCUT2D eigenvalue weighted by atomic mass is 9.74. The van der Waals surface area contributed by atoms with Gasteiger partial charge in [-0.15, -0.1) is 23.2 Å². The number of likely N-dealkylation sites (tertiary alicyclic amines) is 1. The zero-order chi connectivity index (χ0) is 44.4. The van der Waals surface area contributed by atoms with Crippen molar-refractivity contribution >= 4 is 70.2 Å². The third-order valence-electron chi connectivity index (χ3n) is 11.0. The predicted molar refractivity (Wildman–Crippen MR) is 241 cm³/mol. The quantitative estimate of drug-likeness (QED) is 0.192. The van der Waals surface area contributed by atoms with Gasteiger partial charge in [-0.05, 0) is 115 Å². The van der Waals surface area contributed by atoms with E-state index in [-0.39, 0.29) is 35.3 Å². The van der Waals surface area contributed by atoms with Crippen LogP contribution in [0.25, 0.3) is 0 Å². The maximum absolute atomic E-state index is 12.5. The van der Waals surface area contributed by atoms with E-state index in [9.17, 15) is 24.0 Å². The van der Waals surface area contributed by atoms with Crippen LogP contribution in [-0.2, 0) is 41.1 Å². The van der Waals surface area contributed by atoms with Gasteiger partial charge in [0.25, 0.3) is 0 Å². The van der Waals surface area contributed by atoms with Crippen molar-refractivity contribution in [2.24, 2.45) is 0 Å². The molecule has 0 aromatic heterocycles. The Bertz CT molecular complexity index is 2000. The van der Waals surface area contributed by atoms with E-state index in [4.69, 9.17) is 32.7 Å². The summed E-state index contributed by atoms with van der Waals surface area (Å²) in [6.45, 7) is 14.9. The Labute approximate surface area is 369 Å². The molecular formula is C46H60Cl2N6O7. The van der Waals surface area contributed by atoms with Crippen LogP contribution in [0, 0.1) is 0 Å². The summed E-state index contributed by atoms with van der Waals surface area (Å²) >= 11 is 11.1. The number of amides is 5. The van der Waals surface area contributed by atoms with Crippen molar-refractivity contribution in [3.8, 4) is 0 Å². The number of nitrogens with one attached hydrogen (secondary N) is 4. The molecule has 0 radical (unpaired) electrons. The summed E-state index contributed by atoms with van der Waals surface area (Å²) in [6.07, 6.45) is 2.97. The third kappa shape index (κ3) is 12.0. The molecule has 5 heterocycles. The molecule has 5 aliphatic heterocycles. The van der Waals surface area contributed by atoms with Gasteiger partial charge in [-0.2, -0.15) is 0 Å². The fraction of sp³-hybridized carbons (Fsp3) is 0.500. The lowest BCUT2D eigenvalue weighted by molar-refractivity contribution is -0.123. The van der Waals surface area contributed by atoms with Crippen LogP contribution in [0.5, 0.6) is 0 Å². The van der Waals surface area contributed by atoms with Gasteiger partial charge < -0.3 is 40.5 Å². The number of hydrogen-bond donors (Lipinski definition) is 4. The second kappa shape index (κ2) is 20.3. The molecule has 330 valence electrons. The number of carbonyl (C=O) groups is 5. The molecular weight excluding hydrogens is 819 g/mol. The number of fused-ring (bicyclic) bond motifs is 5. The van der Waals surface area contributed by atoms with Crippen molar-refractivity contribution in [2.45, 2.75) is 95.7 Å². The average molecular weight is 880 g/mol. The second-order valence-corrected chi connectivity index (χ2v) is 18.4. The summed E-state index contributed by atoms with van der Waals surface area (Å²) in [5.41, 5.74) is 4.51. The van der Waals surface area contributed by atoms with Gasteiger partial charge in [-0.1, -0.05) is 54.6 Å². The van der Waals surface area contributed by atoms with Gasteiger partial charge in [0.2, 0.25) is 17.7 Å². The molecule has 0 saturated carbocycles. The average Bonchev–Trinajstić information content (AvgIpc) is 3.82. The number of rotatable bonds is 4. The number of halogens is 2. The Morgan fingerprint density at radius 1 is 0.656 bits per heavy atom. The van der Waals surface area contributed by atoms with Crippen molar-refractivity contribution in [3.05, 3.63) is 89.5 Å². The summed E-state index contributed by atoms with van der Waals surface area (Å²) in [5.74, 6) is 1.11. The van der Waals surface area contributed by atoms with E-state index in [1.165, 1.54) is 10.5 Å². The highest BCUT2D eigenvalue weighted by atomic mass is 35.5. The smallest absolute Gasteiger partial charge is 0.410 e. The molecule has 4 N–H and O–H groups in total. The highest BCUT2D eigenvalue weighted by Crippen LogP contribution is 2.45. The van der Waals surface area contributed by atoms with Crippen LogP contribution in [-0.4, -0.2) is 102 Å². The van der Waals surface area contributed by atoms with Gasteiger partial charge in [0.15, 0.2) is 0 Å². The lowest BCUT2D eigenvalue weighted by Crippen LogP contribution is -2.49. The minimum atomic E-state index is -0.496. The van der Waals surface area contributed by atoms with E-state index in [1.54, 1.807) is 4.90 Å². The lowest BCUT2D eigenvalue weighted by Gasteiger charge is -2.38. The van der Waals surface area contributed by atoms with Crippen molar-refractivity contribution in [3.63, 3.8) is 0 Å². The zero-order valence-corrected chi connectivity index (χ0v) is 37.6. The number of anilines is 3. The van der Waals surface area contributed by atoms with E-state index in [0.29, 0.717) is 57.2 Å². The summed E-state index contributed by atoms with van der Waals surface area (Å²) < 4.78 is 10.6. The largest absolute Gasteiger partial charge is 0.444 e. The fourth-order valence-electron chi connectivity index (χ4n) is 7.98. The molecule has 0 aliphatic carbocycles. The van der Waals surface area contributed by atoms with Crippen LogP contribution in [0.15, 0.2) is 72.8 Å². The summed E-state index contributed by atoms with van der Waals surface area (Å²) in [6, 6.07) is 23.6. The van der Waals surface area contributed by atoms with E-state index in [0.717, 1.165) is 54.1 Å². The van der Waals surface area contributed by atoms with Gasteiger partial charge >= 0.3 is 12.2 Å². The molecule has 8 rings (SSSR count). The van der Waals surface area contributed by atoms with Gasteiger partial charge in [0, 0.05) is 55.0 Å². The zero-order valence-electron chi connectivity index (χ0n) is 36.1. The Balaban J connectivity index is 0.000000160. The first-order valence-corrected chi connectivity index (χ1v) is 22.0. The predicted octanol–water partition coefficient (Wildman–Crippen LogP) is 8.05. The van der Waals surface area contributed by atoms with Crippen molar-refractivity contribution < 1.29 is 33.4 Å². The molecule has 3 aromatic carbocycles. The number of piperidine rings is 2. The SMILES string of the molecule is CC(C)(C)OC(=O)N(CCCl)CCCl.CC(C)(C)OC(=O)N1CCC2(CC1)C(=O)Nc1ccccc12.O=C1Cc2ccccc2N1.O=C1Nc2ccccc2C12CCNCC2. The minimum Gasteiger partial charge on any atom is -0.444 e. The van der Waals surface area contributed by atoms with Crippen LogP contribution >= 0.6 is 23.2 Å². The minimum absolute atomic E-state index is 0.0533. The fourth-order valence-corrected chi connectivity index (χ4v) is 8.39. The molecule has 3 aromatic rings. The topological polar surface area (TPSA) is 158 Å². The maximum atomic E-state index is 12.5. The Kier molecular flexibility index (Phi) is 15.7. The Morgan fingerprint density at radius 2 is 1.11 bits per heavy atom. The van der Waals surface area contributed by atoms with Gasteiger partial charge in [-0.25, -0.2) is 9.59 Å². The molecule has 2 spiro atoms. The summed E-state index contributed by atoms with van der Waals surface area (Å²) in [4.78, 5) is 62.2. The van der Waals surface area contributed by atoms with Crippen LogP contribution in [0.4, 0.5) is 26.7 Å². The molecule has 0 bridgehead atoms. The first kappa shape index (κ1) is 47.2. The van der Waals surface area contributed by atoms with Crippen LogP contribution in [0.3, 0.4) is 0 Å². The van der Waals surface area contributed by atoms with E-state index < -0.39 is 16.6 Å². The molecule has 2 saturated heterocycles. The number of nitrogens with zero attached hydrogens (tertiary/aromatic N) is 2. The number of alkyl halides is 2. The standard InChI is InChI=1S/C17H22N2O3.C12H14N2O.C9H17Cl2NO2.C8H7NO/c1-16(2,3)22-15(21)19-10-8-17(9-11-19)12-6-4-5-7-13(12)18-14(17)20;15-11-12(5-7-13-8-6-12)9-3-1-2-4-10(9)14-11;1-9(2,3)14-8(13)12(6-4-10)7-5-11;10-8-5-6-3-1-2-4-7(6)9-8/h4-7H,8-11H2,1-3H3,(H,18,20);1-4,13H,5-8H2,(H,14,15);4-7H2,1-3H3;1-4H,5H2,(H,9,10). The molecule has 13 nitrogen and oxygen atoms in total. The van der Waals surface area contributed by atoms with Crippen LogP contribution in [0.1, 0.15) is 83.9 Å². The molecule has 15 heteroatoms. The molecule has 5 aliphatic rings. The van der Waals surface area contributed by atoms with Crippen molar-refractivity contribution in [2.75, 3.05) is 67.0 Å². The number of ether oxygens (including phenoxy) is 2. The first-order chi connectivity index (χ1) is 28.9. The van der Waals surface area contributed by atoms with Gasteiger partial charge in [0.1, 0.15) is 11.2 Å². The maximum Gasteiger partial charge on any atom is 0.410 e. The summed E-state index contributed by atoms with van der Waals surface area (Å²) in [5, 5.41) is 12.0. The molecule has 0 unspecified atom stereocenters. The Hall–Kier alpha value is -4.85. The normalized spacial score (nSPS) is 17.6. The highest BCUT2D eigenvalue weighted by molar-refractivity contribution is 6.18. The van der Waals surface area contributed by atoms with Crippen LogP contribution in [0.2, 0.25) is 0 Å². The number of carbonyl (C=O) groups excluding carboxylic acids is 5. The Morgan fingerprint density at radius 3 is 1.59 bits per heavy atom. The summed E-state index contributed by atoms with van der Waals surface area (Å²) in [7, 11) is 0. The van der Waals surface area contributed by atoms with Crippen molar-refractivity contribution in [1.29, 1.82) is 0 Å². The highest BCUT2D eigenvalue weighted by Gasteiger charge is 2.49. The van der Waals surface area contributed by atoms with Gasteiger partial charge in [0.05, 0.1) is 17.3 Å². The van der Waals surface area contributed by atoms with Crippen LogP contribution < -0.4 is 21.3 Å². The molecule has 0 atom stereocenters. The van der Waals surface area contributed by atoms with E-state index in [2.05, 4.69) is 27.3 Å². The number of hydrogen-bond acceptors (Lipinski definition) is 8. The number of para-hydroxylation sites is 3. The molecule has 5 amide bonds. The second-order valence-electron chi connectivity index (χ2n) is 17.6. The van der Waals surface area contributed by atoms with Gasteiger partial charge in [-0.3, -0.25) is 14.4 Å². The van der Waals surface area contributed by atoms with E-state index >= 15 is 0 Å². The molecule has 61 heavy (non-hydrogen) atoms. The monoisotopic (exact) mass is 878 g/mol. The van der Waals surface area contributed by atoms with E-state index in [1.807, 2.05) is 108 Å². The number of benzene rings is 3. The third-order valence-corrected chi connectivity index (χ3v) is 11.3. The molecule has 2 fully saturated rings. The van der Waals surface area contributed by atoms with Crippen molar-refractivity contribution in [1.82, 2.24) is 15.1 Å².